The van der Waals surface area contributed by atoms with Gasteiger partial charge < -0.3 is 4.74 Å². The van der Waals surface area contributed by atoms with E-state index in [2.05, 4.69) is 17.4 Å². The summed E-state index contributed by atoms with van der Waals surface area (Å²) in [6.45, 7) is 2.04. The van der Waals surface area contributed by atoms with E-state index >= 15 is 0 Å². The van der Waals surface area contributed by atoms with E-state index in [1.165, 1.54) is 0 Å². The molecular formula is C5H11NOS2. The van der Waals surface area contributed by atoms with Crippen molar-refractivity contribution in [2.45, 2.75) is 24.5 Å². The minimum absolute atomic E-state index is 0.243. The van der Waals surface area contributed by atoms with Crippen LogP contribution in [0, 0.1) is 0 Å². The first-order valence-electron chi connectivity index (χ1n) is 2.87. The van der Waals surface area contributed by atoms with Crippen LogP contribution in [0.25, 0.3) is 0 Å². The van der Waals surface area contributed by atoms with Crippen molar-refractivity contribution < 1.29 is 4.74 Å². The van der Waals surface area contributed by atoms with Crippen LogP contribution in [0.1, 0.15) is 6.92 Å². The Bertz CT molecular complexity index is 99.0. The molecule has 0 aromatic heterocycles. The Morgan fingerprint density at radius 2 is 2.44 bits per heavy atom. The van der Waals surface area contributed by atoms with Crippen LogP contribution < -0.4 is 4.72 Å². The van der Waals surface area contributed by atoms with Gasteiger partial charge in [0.15, 0.2) is 0 Å². The molecule has 2 nitrogen and oxygen atoms in total. The van der Waals surface area contributed by atoms with Gasteiger partial charge in [0.1, 0.15) is 12.3 Å². The number of hydrogen-bond acceptors (Lipinski definition) is 4. The van der Waals surface area contributed by atoms with Crippen molar-refractivity contribution in [3.8, 4) is 0 Å². The van der Waals surface area contributed by atoms with E-state index in [1.807, 2.05) is 13.2 Å². The topological polar surface area (TPSA) is 24.6 Å². The average molecular weight is 165 g/mol. The van der Waals surface area contributed by atoms with Crippen LogP contribution in [0.5, 0.6) is 0 Å². The van der Waals surface area contributed by atoms with E-state index in [1.54, 1.807) is 11.9 Å². The number of epoxide rings is 1. The summed E-state index contributed by atoms with van der Waals surface area (Å²) in [6.07, 6.45) is 2.55. The van der Waals surface area contributed by atoms with Crippen molar-refractivity contribution in [2.75, 3.05) is 6.26 Å². The lowest BCUT2D eigenvalue weighted by Crippen LogP contribution is -2.15. The van der Waals surface area contributed by atoms with E-state index in [0.29, 0.717) is 11.4 Å². The van der Waals surface area contributed by atoms with Gasteiger partial charge in [0.25, 0.3) is 0 Å². The molecule has 1 aliphatic heterocycles. The molecule has 0 bridgehead atoms. The molecule has 0 spiro atoms. The quantitative estimate of drug-likeness (QED) is 0.369. The van der Waals surface area contributed by atoms with Crippen LogP contribution in [0.15, 0.2) is 0 Å². The maximum absolute atomic E-state index is 5.21. The van der Waals surface area contributed by atoms with E-state index in [9.17, 15) is 0 Å². The fourth-order valence-corrected chi connectivity index (χ4v) is 1.35. The van der Waals surface area contributed by atoms with E-state index in [0.717, 1.165) is 0 Å². The fourth-order valence-electron chi connectivity index (χ4n) is 0.702. The highest BCUT2D eigenvalue weighted by Gasteiger charge is 2.41. The zero-order chi connectivity index (χ0) is 6.85. The van der Waals surface area contributed by atoms with Crippen molar-refractivity contribution in [3.05, 3.63) is 0 Å². The highest BCUT2D eigenvalue weighted by molar-refractivity contribution is 7.96. The lowest BCUT2D eigenvalue weighted by molar-refractivity contribution is 0.366. The summed E-state index contributed by atoms with van der Waals surface area (Å²) in [5.74, 6) is 0. The SMILES string of the molecule is CSNC1OC1C(C)S. The van der Waals surface area contributed by atoms with Gasteiger partial charge in [-0.05, 0) is 6.26 Å². The molecule has 1 heterocycles. The Morgan fingerprint density at radius 3 is 2.78 bits per heavy atom. The zero-order valence-electron chi connectivity index (χ0n) is 5.50. The molecule has 0 aliphatic carbocycles. The predicted octanol–water partition coefficient (Wildman–Crippen LogP) is 0.897. The van der Waals surface area contributed by atoms with Gasteiger partial charge in [-0.3, -0.25) is 0 Å². The first-order chi connectivity index (χ1) is 4.25. The predicted molar refractivity (Wildman–Crippen MR) is 43.8 cm³/mol. The molecule has 0 amide bonds. The van der Waals surface area contributed by atoms with Crippen molar-refractivity contribution in [2.24, 2.45) is 0 Å². The molecule has 3 atom stereocenters. The van der Waals surface area contributed by atoms with Gasteiger partial charge in [0.2, 0.25) is 0 Å². The van der Waals surface area contributed by atoms with Crippen LogP contribution in [-0.2, 0) is 4.74 Å². The first kappa shape index (κ1) is 7.72. The van der Waals surface area contributed by atoms with E-state index in [4.69, 9.17) is 4.74 Å². The highest BCUT2D eigenvalue weighted by atomic mass is 32.2. The molecule has 1 fully saturated rings. The lowest BCUT2D eigenvalue weighted by atomic mass is 10.3. The Labute approximate surface area is 65.3 Å². The van der Waals surface area contributed by atoms with Gasteiger partial charge in [-0.1, -0.05) is 18.9 Å². The number of ether oxygens (including phenoxy) is 1. The molecule has 9 heavy (non-hydrogen) atoms. The van der Waals surface area contributed by atoms with Crippen LogP contribution in [0.2, 0.25) is 0 Å². The lowest BCUT2D eigenvalue weighted by Gasteiger charge is -1.95. The van der Waals surface area contributed by atoms with Crippen molar-refractivity contribution >= 4 is 24.6 Å². The highest BCUT2D eigenvalue weighted by Crippen LogP contribution is 2.26. The zero-order valence-corrected chi connectivity index (χ0v) is 7.21. The number of nitrogens with one attached hydrogen (secondary N) is 1. The summed E-state index contributed by atoms with van der Waals surface area (Å²) in [5.41, 5.74) is 0. The molecule has 1 N–H and O–H groups in total. The smallest absolute Gasteiger partial charge is 0.145 e. The minimum Gasteiger partial charge on any atom is -0.351 e. The van der Waals surface area contributed by atoms with Gasteiger partial charge in [0.05, 0.1) is 0 Å². The monoisotopic (exact) mass is 165 g/mol. The summed E-state index contributed by atoms with van der Waals surface area (Å²) in [4.78, 5) is 0. The second-order valence-corrected chi connectivity index (χ2v) is 3.54. The summed E-state index contributed by atoms with van der Waals surface area (Å²) in [6, 6.07) is 0. The van der Waals surface area contributed by atoms with Gasteiger partial charge in [-0.15, -0.1) is 0 Å². The molecule has 54 valence electrons. The Kier molecular flexibility index (Phi) is 2.70. The average Bonchev–Trinajstić information content (AvgIpc) is 2.47. The fraction of sp³-hybridized carbons (Fsp3) is 1.00. The third kappa shape index (κ3) is 2.04. The van der Waals surface area contributed by atoms with E-state index in [-0.39, 0.29) is 6.23 Å². The third-order valence-corrected chi connectivity index (χ3v) is 2.00. The van der Waals surface area contributed by atoms with Gasteiger partial charge >= 0.3 is 0 Å². The van der Waals surface area contributed by atoms with Crippen molar-refractivity contribution in [3.63, 3.8) is 0 Å². The minimum atomic E-state index is 0.243. The van der Waals surface area contributed by atoms with Crippen LogP contribution in [-0.4, -0.2) is 23.8 Å². The van der Waals surface area contributed by atoms with E-state index < -0.39 is 0 Å². The molecular weight excluding hydrogens is 154 g/mol. The largest absolute Gasteiger partial charge is 0.351 e. The molecule has 1 saturated heterocycles. The molecule has 1 rings (SSSR count). The second kappa shape index (κ2) is 3.14. The maximum atomic E-state index is 5.21. The van der Waals surface area contributed by atoms with Gasteiger partial charge in [-0.25, -0.2) is 4.72 Å². The second-order valence-electron chi connectivity index (χ2n) is 2.08. The molecule has 4 heteroatoms. The third-order valence-electron chi connectivity index (χ3n) is 1.23. The molecule has 0 aromatic carbocycles. The molecule has 1 aliphatic rings. The summed E-state index contributed by atoms with van der Waals surface area (Å²) < 4.78 is 8.31. The Balaban J connectivity index is 2.09. The number of hydrogen-bond donors (Lipinski definition) is 2. The Hall–Kier alpha value is 0.620. The molecule has 3 unspecified atom stereocenters. The van der Waals surface area contributed by atoms with Crippen LogP contribution in [0.4, 0.5) is 0 Å². The summed E-state index contributed by atoms with van der Waals surface area (Å²) >= 11 is 5.82. The molecule has 0 saturated carbocycles. The van der Waals surface area contributed by atoms with Crippen LogP contribution >= 0.6 is 24.6 Å². The van der Waals surface area contributed by atoms with Crippen molar-refractivity contribution in [1.82, 2.24) is 4.72 Å². The van der Waals surface area contributed by atoms with Crippen molar-refractivity contribution in [1.29, 1.82) is 0 Å². The Morgan fingerprint density at radius 1 is 1.78 bits per heavy atom. The molecule has 0 aromatic rings. The first-order valence-corrected chi connectivity index (χ1v) is 4.62. The van der Waals surface area contributed by atoms with Crippen LogP contribution in [0.3, 0.4) is 0 Å². The summed E-state index contributed by atoms with van der Waals surface area (Å²) in [5, 5.41) is 0.342. The number of rotatable bonds is 3. The molecule has 0 radical (unpaired) electrons. The number of thiol groups is 1. The van der Waals surface area contributed by atoms with Gasteiger partial charge in [-0.2, -0.15) is 12.6 Å². The standard InChI is InChI=1S/C5H11NOS2/c1-3(8)4-5(7-4)6-9-2/h3-6,8H,1-2H3. The van der Waals surface area contributed by atoms with Gasteiger partial charge in [0, 0.05) is 5.25 Å². The normalized spacial score (nSPS) is 36.3. The summed E-state index contributed by atoms with van der Waals surface area (Å²) in [7, 11) is 0. The maximum Gasteiger partial charge on any atom is 0.145 e.